The largest absolute Gasteiger partial charge is 0.417 e. The number of aliphatic hydroxyl groups excluding tert-OH is 4. The number of halogens is 3. The summed E-state index contributed by atoms with van der Waals surface area (Å²) in [5.41, 5.74) is 0.411. The lowest BCUT2D eigenvalue weighted by Gasteiger charge is -2.43. The lowest BCUT2D eigenvalue weighted by Crippen LogP contribution is -2.62. The first kappa shape index (κ1) is 26.6. The summed E-state index contributed by atoms with van der Waals surface area (Å²) in [6.45, 7) is 0.835. The van der Waals surface area contributed by atoms with Crippen LogP contribution in [0.2, 0.25) is 0 Å². The van der Waals surface area contributed by atoms with Gasteiger partial charge in [-0.1, -0.05) is 42.5 Å². The van der Waals surface area contributed by atoms with E-state index in [0.29, 0.717) is 30.7 Å². The summed E-state index contributed by atoms with van der Waals surface area (Å²) in [4.78, 5) is 1.76. The minimum atomic E-state index is -4.47. The molecule has 0 saturated carbocycles. The first-order valence-electron chi connectivity index (χ1n) is 11.4. The molecule has 9 heteroatoms. The molecule has 0 spiro atoms. The van der Waals surface area contributed by atoms with E-state index in [4.69, 9.17) is 4.74 Å². The normalized spacial score (nSPS) is 23.9. The molecule has 34 heavy (non-hydrogen) atoms. The molecule has 4 atom stereocenters. The highest BCUT2D eigenvalue weighted by molar-refractivity contribution is 5.68. The van der Waals surface area contributed by atoms with E-state index in [-0.39, 0.29) is 25.3 Å². The Kier molecular flexibility index (Phi) is 9.47. The maximum absolute atomic E-state index is 13.6. The lowest BCUT2D eigenvalue weighted by molar-refractivity contribution is -0.145. The molecule has 188 valence electrons. The van der Waals surface area contributed by atoms with Gasteiger partial charge in [-0.2, -0.15) is 13.2 Å². The minimum absolute atomic E-state index is 0.0765. The van der Waals surface area contributed by atoms with E-state index in [1.807, 2.05) is 0 Å². The van der Waals surface area contributed by atoms with Crippen molar-refractivity contribution >= 4 is 0 Å². The van der Waals surface area contributed by atoms with Crippen molar-refractivity contribution in [1.82, 2.24) is 4.90 Å². The van der Waals surface area contributed by atoms with E-state index in [2.05, 4.69) is 0 Å². The van der Waals surface area contributed by atoms with Crippen LogP contribution in [0, 0.1) is 0 Å². The first-order valence-corrected chi connectivity index (χ1v) is 11.4. The van der Waals surface area contributed by atoms with Gasteiger partial charge < -0.3 is 25.2 Å². The lowest BCUT2D eigenvalue weighted by atomic mass is 9.94. The number of hydrogen-bond donors (Lipinski definition) is 4. The molecule has 3 rings (SSSR count). The van der Waals surface area contributed by atoms with E-state index in [0.717, 1.165) is 18.9 Å². The monoisotopic (exact) mass is 483 g/mol. The van der Waals surface area contributed by atoms with Gasteiger partial charge in [-0.25, -0.2) is 0 Å². The summed E-state index contributed by atoms with van der Waals surface area (Å²) in [6.07, 6.45) is -5.85. The number of hydrogen-bond acceptors (Lipinski definition) is 6. The van der Waals surface area contributed by atoms with Crippen LogP contribution >= 0.6 is 0 Å². The topological polar surface area (TPSA) is 93.4 Å². The van der Waals surface area contributed by atoms with Gasteiger partial charge in [0.1, 0.15) is 12.2 Å². The molecule has 4 N–H and O–H groups in total. The number of alkyl halides is 3. The highest BCUT2D eigenvalue weighted by atomic mass is 19.4. The average Bonchev–Trinajstić information content (AvgIpc) is 2.82. The van der Waals surface area contributed by atoms with E-state index in [1.165, 1.54) is 6.07 Å². The Morgan fingerprint density at radius 1 is 0.941 bits per heavy atom. The van der Waals surface area contributed by atoms with Gasteiger partial charge >= 0.3 is 6.18 Å². The molecular weight excluding hydrogens is 451 g/mol. The van der Waals surface area contributed by atoms with Crippen molar-refractivity contribution in [1.29, 1.82) is 0 Å². The summed E-state index contributed by atoms with van der Waals surface area (Å²) >= 11 is 0. The molecule has 0 radical (unpaired) electrons. The van der Waals surface area contributed by atoms with E-state index in [1.54, 1.807) is 41.3 Å². The van der Waals surface area contributed by atoms with Crippen LogP contribution in [0.4, 0.5) is 13.2 Å². The van der Waals surface area contributed by atoms with Crippen LogP contribution in [0.5, 0.6) is 0 Å². The van der Waals surface area contributed by atoms with Gasteiger partial charge in [0.25, 0.3) is 0 Å². The predicted molar refractivity (Wildman–Crippen MR) is 121 cm³/mol. The van der Waals surface area contributed by atoms with Crippen LogP contribution in [0.15, 0.2) is 48.5 Å². The fourth-order valence-corrected chi connectivity index (χ4v) is 4.31. The maximum Gasteiger partial charge on any atom is 0.417 e. The predicted octanol–water partition coefficient (Wildman–Crippen LogP) is 2.82. The summed E-state index contributed by atoms with van der Waals surface area (Å²) in [5, 5.41) is 39.1. The van der Waals surface area contributed by atoms with Gasteiger partial charge in [-0.3, -0.25) is 4.90 Å². The smallest absolute Gasteiger partial charge is 0.395 e. The number of likely N-dealkylation sites (tertiary alicyclic amines) is 1. The van der Waals surface area contributed by atoms with Crippen molar-refractivity contribution in [2.24, 2.45) is 0 Å². The third kappa shape index (κ3) is 6.78. The number of rotatable bonds is 10. The zero-order valence-corrected chi connectivity index (χ0v) is 18.9. The van der Waals surface area contributed by atoms with Gasteiger partial charge in [0, 0.05) is 13.2 Å². The number of aliphatic hydroxyl groups is 4. The highest BCUT2D eigenvalue weighted by Gasteiger charge is 2.40. The molecule has 0 bridgehead atoms. The second-order valence-electron chi connectivity index (χ2n) is 8.65. The first-order chi connectivity index (χ1) is 16.2. The summed E-state index contributed by atoms with van der Waals surface area (Å²) < 4.78 is 46.4. The molecule has 1 fully saturated rings. The molecule has 2 aromatic carbocycles. The molecule has 1 aliphatic heterocycles. The Morgan fingerprint density at radius 3 is 2.35 bits per heavy atom. The van der Waals surface area contributed by atoms with Crippen LogP contribution in [0.1, 0.15) is 30.4 Å². The number of β-amino-alcohol motifs (C(OH)–C–C–N with tert-alkyl or cyclic N) is 1. The maximum atomic E-state index is 13.6. The summed E-state index contributed by atoms with van der Waals surface area (Å²) in [7, 11) is 0. The van der Waals surface area contributed by atoms with Crippen LogP contribution in [-0.2, 0) is 17.5 Å². The van der Waals surface area contributed by atoms with E-state index >= 15 is 0 Å². The second-order valence-corrected chi connectivity index (χ2v) is 8.65. The number of unbranched alkanes of at least 4 members (excludes halogenated alkanes) is 2. The van der Waals surface area contributed by atoms with Crippen LogP contribution < -0.4 is 0 Å². The third-order valence-corrected chi connectivity index (χ3v) is 6.19. The number of benzene rings is 2. The fraction of sp³-hybridized carbons (Fsp3) is 0.520. The van der Waals surface area contributed by atoms with E-state index < -0.39 is 36.1 Å². The van der Waals surface area contributed by atoms with Gasteiger partial charge in [0.2, 0.25) is 0 Å². The number of ether oxygens (including phenoxy) is 1. The number of piperidine rings is 1. The molecule has 0 aliphatic carbocycles. The van der Waals surface area contributed by atoms with Crippen molar-refractivity contribution in [3.8, 4) is 11.1 Å². The molecule has 1 heterocycles. The van der Waals surface area contributed by atoms with Crippen molar-refractivity contribution in [3.63, 3.8) is 0 Å². The van der Waals surface area contributed by atoms with Gasteiger partial charge in [-0.15, -0.1) is 0 Å². The molecule has 0 amide bonds. The van der Waals surface area contributed by atoms with Gasteiger partial charge in [0.15, 0.2) is 0 Å². The SMILES string of the molecule is OC[C@@H]1[C@@H](O)[C@H](O)[C@@H](O)CN1CCCCCOCc1ccc(-c2ccccc2)c(C(F)(F)F)c1. The molecule has 0 aromatic heterocycles. The summed E-state index contributed by atoms with van der Waals surface area (Å²) in [5.74, 6) is 0. The standard InChI is InChI=1S/C25H32F3NO5/c26-25(27,28)20-13-17(9-10-19(20)18-7-3-1-4-8-18)16-34-12-6-2-5-11-29-14-22(31)24(33)23(32)21(29)15-30/h1,3-4,7-10,13,21-24,30-33H,2,5-6,11-12,14-16H2/t21-,22+,23-,24-/m1/s1. The highest BCUT2D eigenvalue weighted by Crippen LogP contribution is 2.37. The Hall–Kier alpha value is -2.01. The molecule has 2 aromatic rings. The number of nitrogens with zero attached hydrogens (tertiary/aromatic N) is 1. The van der Waals surface area contributed by atoms with Crippen molar-refractivity contribution in [2.45, 2.75) is 56.4 Å². The van der Waals surface area contributed by atoms with Gasteiger partial charge in [0.05, 0.1) is 30.9 Å². The molecular formula is C25H32F3NO5. The Bertz CT molecular complexity index is 896. The Labute approximate surface area is 197 Å². The van der Waals surface area contributed by atoms with E-state index in [9.17, 15) is 33.6 Å². The fourth-order valence-electron chi connectivity index (χ4n) is 4.31. The Morgan fingerprint density at radius 2 is 1.68 bits per heavy atom. The molecule has 0 unspecified atom stereocenters. The van der Waals surface area contributed by atoms with Crippen molar-refractivity contribution in [2.75, 3.05) is 26.3 Å². The average molecular weight is 484 g/mol. The zero-order valence-electron chi connectivity index (χ0n) is 18.9. The van der Waals surface area contributed by atoms with Crippen LogP contribution in [-0.4, -0.2) is 76.0 Å². The van der Waals surface area contributed by atoms with Crippen LogP contribution in [0.3, 0.4) is 0 Å². The van der Waals surface area contributed by atoms with Gasteiger partial charge in [-0.05, 0) is 48.6 Å². The molecule has 1 aliphatic rings. The molecule has 1 saturated heterocycles. The molecule has 6 nitrogen and oxygen atoms in total. The Balaban J connectivity index is 1.44. The quantitative estimate of drug-likeness (QED) is 0.389. The third-order valence-electron chi connectivity index (χ3n) is 6.19. The second kappa shape index (κ2) is 12.1. The van der Waals surface area contributed by atoms with Crippen LogP contribution in [0.25, 0.3) is 11.1 Å². The zero-order chi connectivity index (χ0) is 24.7. The van der Waals surface area contributed by atoms with Crippen molar-refractivity contribution < 1.29 is 38.3 Å². The minimum Gasteiger partial charge on any atom is -0.395 e. The van der Waals surface area contributed by atoms with Crippen molar-refractivity contribution in [3.05, 3.63) is 59.7 Å². The summed E-state index contributed by atoms with van der Waals surface area (Å²) in [6, 6.07) is 12.1.